The van der Waals surface area contributed by atoms with Crippen LogP contribution in [0.25, 0.3) is 0 Å². The van der Waals surface area contributed by atoms with Gasteiger partial charge in [0.1, 0.15) is 11.7 Å². The van der Waals surface area contributed by atoms with Crippen LogP contribution in [-0.2, 0) is 9.53 Å². The van der Waals surface area contributed by atoms with E-state index in [9.17, 15) is 4.79 Å². The lowest BCUT2D eigenvalue weighted by Crippen LogP contribution is -2.32. The van der Waals surface area contributed by atoms with E-state index < -0.39 is 0 Å². The van der Waals surface area contributed by atoms with Gasteiger partial charge < -0.3 is 4.74 Å². The van der Waals surface area contributed by atoms with Crippen LogP contribution in [0.5, 0.6) is 0 Å². The minimum Gasteiger partial charge on any atom is -0.430 e. The highest BCUT2D eigenvalue weighted by Gasteiger charge is 2.36. The van der Waals surface area contributed by atoms with E-state index in [4.69, 9.17) is 4.74 Å². The molecule has 1 heterocycles. The third-order valence-electron chi connectivity index (χ3n) is 5.21. The van der Waals surface area contributed by atoms with Gasteiger partial charge >= 0.3 is 5.97 Å². The predicted molar refractivity (Wildman–Crippen MR) is 112 cm³/mol. The van der Waals surface area contributed by atoms with E-state index in [0.29, 0.717) is 0 Å². The summed E-state index contributed by atoms with van der Waals surface area (Å²) in [5.74, 6) is 1.01. The standard InChI is InChI=1S/C24H40O2/c1-3-5-7-9-11-13-15-17-19-21-23-22(24(25)26-23)20-18-16-14-12-10-8-6-4-2/h3-4,21-22H,1-2,5-20H2/b23-21-. The molecule has 1 fully saturated rings. The number of unbranched alkanes of at least 4 members (excludes halogenated alkanes) is 13. The zero-order valence-corrected chi connectivity index (χ0v) is 16.9. The van der Waals surface area contributed by atoms with E-state index >= 15 is 0 Å². The molecule has 0 aliphatic carbocycles. The minimum absolute atomic E-state index is 0.00977. The Balaban J connectivity index is 1.99. The first-order valence-electron chi connectivity index (χ1n) is 10.9. The van der Waals surface area contributed by atoms with Gasteiger partial charge in [0.15, 0.2) is 0 Å². The molecular weight excluding hydrogens is 320 g/mol. The summed E-state index contributed by atoms with van der Waals surface area (Å²) in [5, 5.41) is 0. The van der Waals surface area contributed by atoms with Crippen molar-refractivity contribution in [2.75, 3.05) is 0 Å². The van der Waals surface area contributed by atoms with E-state index in [1.807, 2.05) is 12.2 Å². The minimum atomic E-state index is -0.00977. The van der Waals surface area contributed by atoms with Crippen LogP contribution in [0.1, 0.15) is 103 Å². The molecule has 1 saturated heterocycles. The van der Waals surface area contributed by atoms with Gasteiger partial charge in [0, 0.05) is 0 Å². The highest BCUT2D eigenvalue weighted by molar-refractivity contribution is 5.82. The van der Waals surface area contributed by atoms with Crippen LogP contribution in [-0.4, -0.2) is 5.97 Å². The summed E-state index contributed by atoms with van der Waals surface area (Å²) in [5.41, 5.74) is 0. The monoisotopic (exact) mass is 360 g/mol. The van der Waals surface area contributed by atoms with E-state index in [0.717, 1.165) is 37.9 Å². The Morgan fingerprint density at radius 3 is 1.65 bits per heavy atom. The second-order valence-electron chi connectivity index (χ2n) is 7.55. The average Bonchev–Trinajstić information content (AvgIpc) is 2.64. The number of ether oxygens (including phenoxy) is 1. The van der Waals surface area contributed by atoms with Gasteiger partial charge in [-0.1, -0.05) is 69.9 Å². The molecule has 1 atom stereocenters. The Morgan fingerprint density at radius 2 is 1.15 bits per heavy atom. The molecule has 0 N–H and O–H groups in total. The Bertz CT molecular complexity index is 422. The summed E-state index contributed by atoms with van der Waals surface area (Å²) in [4.78, 5) is 11.7. The van der Waals surface area contributed by atoms with Gasteiger partial charge in [0.25, 0.3) is 0 Å². The Kier molecular flexibility index (Phi) is 13.9. The van der Waals surface area contributed by atoms with Crippen molar-refractivity contribution < 1.29 is 9.53 Å². The van der Waals surface area contributed by atoms with Crippen LogP contribution >= 0.6 is 0 Å². The van der Waals surface area contributed by atoms with Gasteiger partial charge in [-0.05, 0) is 51.0 Å². The van der Waals surface area contributed by atoms with Crippen LogP contribution in [0, 0.1) is 5.92 Å². The van der Waals surface area contributed by atoms with Crippen molar-refractivity contribution in [1.29, 1.82) is 0 Å². The number of allylic oxidation sites excluding steroid dienone is 3. The van der Waals surface area contributed by atoms with Crippen molar-refractivity contribution in [2.24, 2.45) is 5.92 Å². The molecule has 26 heavy (non-hydrogen) atoms. The van der Waals surface area contributed by atoms with Gasteiger partial charge in [-0.2, -0.15) is 0 Å². The van der Waals surface area contributed by atoms with Crippen LogP contribution in [0.2, 0.25) is 0 Å². The number of carbonyl (C=O) groups is 1. The summed E-state index contributed by atoms with van der Waals surface area (Å²) in [6.45, 7) is 7.51. The molecule has 0 aromatic rings. The summed E-state index contributed by atoms with van der Waals surface area (Å²) >= 11 is 0. The maximum absolute atomic E-state index is 11.7. The molecule has 0 spiro atoms. The number of cyclic esters (lactones) is 1. The van der Waals surface area contributed by atoms with Crippen LogP contribution in [0.15, 0.2) is 37.1 Å². The molecule has 0 saturated carbocycles. The second kappa shape index (κ2) is 15.9. The van der Waals surface area contributed by atoms with Crippen molar-refractivity contribution in [1.82, 2.24) is 0 Å². The Labute approximate surface area is 161 Å². The lowest BCUT2D eigenvalue weighted by atomic mass is 9.93. The SMILES string of the molecule is C=CCCCCCCCC/C=C1\OC(=O)C1CCCCCCCCC=C. The van der Waals surface area contributed by atoms with Gasteiger partial charge in [0.2, 0.25) is 0 Å². The first-order chi connectivity index (χ1) is 12.8. The maximum atomic E-state index is 11.7. The molecule has 1 unspecified atom stereocenters. The summed E-state index contributed by atoms with van der Waals surface area (Å²) in [6, 6.07) is 0. The lowest BCUT2D eigenvalue weighted by molar-refractivity contribution is -0.157. The third-order valence-corrected chi connectivity index (χ3v) is 5.21. The molecule has 0 radical (unpaired) electrons. The highest BCUT2D eigenvalue weighted by atomic mass is 16.6. The molecule has 0 aromatic carbocycles. The first kappa shape index (κ1) is 22.7. The van der Waals surface area contributed by atoms with Crippen molar-refractivity contribution in [2.45, 2.75) is 103 Å². The second-order valence-corrected chi connectivity index (χ2v) is 7.55. The van der Waals surface area contributed by atoms with Crippen molar-refractivity contribution in [3.05, 3.63) is 37.1 Å². The van der Waals surface area contributed by atoms with Crippen molar-refractivity contribution in [3.63, 3.8) is 0 Å². The molecule has 2 heteroatoms. The van der Waals surface area contributed by atoms with Crippen LogP contribution < -0.4 is 0 Å². The Hall–Kier alpha value is -1.31. The largest absolute Gasteiger partial charge is 0.430 e. The van der Waals surface area contributed by atoms with Crippen LogP contribution in [0.4, 0.5) is 0 Å². The van der Waals surface area contributed by atoms with E-state index in [1.165, 1.54) is 70.6 Å². The molecule has 1 aliphatic rings. The molecule has 2 nitrogen and oxygen atoms in total. The summed E-state index contributed by atoms with van der Waals surface area (Å²) < 4.78 is 5.25. The van der Waals surface area contributed by atoms with Gasteiger partial charge in [-0.3, -0.25) is 4.79 Å². The zero-order chi connectivity index (χ0) is 18.9. The van der Waals surface area contributed by atoms with Crippen molar-refractivity contribution >= 4 is 5.97 Å². The van der Waals surface area contributed by atoms with Crippen molar-refractivity contribution in [3.8, 4) is 0 Å². The summed E-state index contributed by atoms with van der Waals surface area (Å²) in [6.07, 6.45) is 25.7. The zero-order valence-electron chi connectivity index (χ0n) is 16.9. The molecule has 1 aliphatic heterocycles. The fourth-order valence-electron chi connectivity index (χ4n) is 3.49. The lowest BCUT2D eigenvalue weighted by Gasteiger charge is -2.28. The average molecular weight is 361 g/mol. The number of hydrogen-bond acceptors (Lipinski definition) is 2. The number of carbonyl (C=O) groups excluding carboxylic acids is 1. The smallest absolute Gasteiger partial charge is 0.321 e. The molecule has 1 rings (SSSR count). The Morgan fingerprint density at radius 1 is 0.692 bits per heavy atom. The molecular formula is C24H40O2. The van der Waals surface area contributed by atoms with Gasteiger partial charge in [0.05, 0.1) is 0 Å². The number of hydrogen-bond donors (Lipinski definition) is 0. The quantitative estimate of drug-likeness (QED) is 0.142. The third kappa shape index (κ3) is 10.6. The topological polar surface area (TPSA) is 26.3 Å². The maximum Gasteiger partial charge on any atom is 0.321 e. The normalized spacial score (nSPS) is 17.8. The van der Waals surface area contributed by atoms with E-state index in [2.05, 4.69) is 19.2 Å². The molecule has 0 aromatic heterocycles. The predicted octanol–water partition coefficient (Wildman–Crippen LogP) is 7.66. The van der Waals surface area contributed by atoms with Gasteiger partial charge in [-0.25, -0.2) is 0 Å². The highest BCUT2D eigenvalue weighted by Crippen LogP contribution is 2.32. The van der Waals surface area contributed by atoms with Gasteiger partial charge in [-0.15, -0.1) is 13.2 Å². The fraction of sp³-hybridized carbons (Fsp3) is 0.708. The van der Waals surface area contributed by atoms with Crippen LogP contribution in [0.3, 0.4) is 0 Å². The summed E-state index contributed by atoms with van der Waals surface area (Å²) in [7, 11) is 0. The first-order valence-corrected chi connectivity index (χ1v) is 10.9. The fourth-order valence-corrected chi connectivity index (χ4v) is 3.49. The molecule has 148 valence electrons. The molecule has 0 amide bonds. The molecule has 0 bridgehead atoms. The van der Waals surface area contributed by atoms with E-state index in [-0.39, 0.29) is 11.9 Å². The van der Waals surface area contributed by atoms with E-state index in [1.54, 1.807) is 0 Å². The number of esters is 1. The number of rotatable bonds is 18.